The van der Waals surface area contributed by atoms with Crippen molar-refractivity contribution >= 4 is 11.1 Å². The number of hydrogen-bond donors (Lipinski definition) is 0. The SMILES string of the molecule is Cc1ncc(-c2cccc(-c3cccc4oc(C)nc34)c2)o1. The van der Waals surface area contributed by atoms with Crippen molar-refractivity contribution in [2.24, 2.45) is 0 Å². The largest absolute Gasteiger partial charge is 0.441 e. The molecule has 0 fully saturated rings. The molecule has 2 aromatic carbocycles. The van der Waals surface area contributed by atoms with Crippen LogP contribution in [0.15, 0.2) is 57.5 Å². The zero-order valence-corrected chi connectivity index (χ0v) is 12.3. The minimum Gasteiger partial charge on any atom is -0.441 e. The normalized spacial score (nSPS) is 11.2. The van der Waals surface area contributed by atoms with Gasteiger partial charge in [0.15, 0.2) is 23.1 Å². The predicted octanol–water partition coefficient (Wildman–Crippen LogP) is 4.77. The highest BCUT2D eigenvalue weighted by atomic mass is 16.4. The fraction of sp³-hybridized carbons (Fsp3) is 0.111. The number of aromatic nitrogens is 2. The van der Waals surface area contributed by atoms with Gasteiger partial charge in [-0.05, 0) is 17.7 Å². The van der Waals surface area contributed by atoms with Crippen LogP contribution in [0.2, 0.25) is 0 Å². The summed E-state index contributed by atoms with van der Waals surface area (Å²) in [5, 5.41) is 0. The second kappa shape index (κ2) is 4.84. The summed E-state index contributed by atoms with van der Waals surface area (Å²) in [6.07, 6.45) is 1.75. The van der Waals surface area contributed by atoms with E-state index in [1.54, 1.807) is 6.20 Å². The van der Waals surface area contributed by atoms with Crippen molar-refractivity contribution in [2.75, 3.05) is 0 Å². The number of oxazole rings is 2. The van der Waals surface area contributed by atoms with E-state index in [0.717, 1.165) is 33.6 Å². The molecule has 0 amide bonds. The third kappa shape index (κ3) is 2.09. The number of aryl methyl sites for hydroxylation is 2. The average molecular weight is 290 g/mol. The minimum atomic E-state index is 0.662. The molecule has 0 bridgehead atoms. The Morgan fingerprint density at radius 2 is 1.68 bits per heavy atom. The van der Waals surface area contributed by atoms with E-state index in [4.69, 9.17) is 8.83 Å². The summed E-state index contributed by atoms with van der Waals surface area (Å²) in [4.78, 5) is 8.65. The maximum atomic E-state index is 5.61. The molecule has 0 aliphatic carbocycles. The molecule has 4 rings (SSSR count). The van der Waals surface area contributed by atoms with Gasteiger partial charge in [0.05, 0.1) is 6.20 Å². The van der Waals surface area contributed by atoms with Gasteiger partial charge in [0, 0.05) is 25.0 Å². The van der Waals surface area contributed by atoms with E-state index in [-0.39, 0.29) is 0 Å². The number of benzene rings is 2. The number of fused-ring (bicyclic) bond motifs is 1. The topological polar surface area (TPSA) is 52.1 Å². The minimum absolute atomic E-state index is 0.662. The first-order valence-corrected chi connectivity index (χ1v) is 7.10. The molecular formula is C18H14N2O2. The molecule has 2 aromatic heterocycles. The third-order valence-electron chi connectivity index (χ3n) is 3.61. The Labute approximate surface area is 127 Å². The molecule has 4 nitrogen and oxygen atoms in total. The second-order valence-electron chi connectivity index (χ2n) is 5.21. The Kier molecular flexibility index (Phi) is 2.82. The molecule has 0 radical (unpaired) electrons. The fourth-order valence-corrected chi connectivity index (χ4v) is 2.63. The van der Waals surface area contributed by atoms with Crippen LogP contribution in [0.3, 0.4) is 0 Å². The van der Waals surface area contributed by atoms with Crippen LogP contribution in [-0.2, 0) is 0 Å². The summed E-state index contributed by atoms with van der Waals surface area (Å²) in [5.74, 6) is 2.10. The molecule has 4 heteroatoms. The highest BCUT2D eigenvalue weighted by Gasteiger charge is 2.11. The molecular weight excluding hydrogens is 276 g/mol. The second-order valence-corrected chi connectivity index (χ2v) is 5.21. The lowest BCUT2D eigenvalue weighted by molar-refractivity contribution is 0.534. The van der Waals surface area contributed by atoms with Gasteiger partial charge in [-0.15, -0.1) is 0 Å². The van der Waals surface area contributed by atoms with Gasteiger partial charge < -0.3 is 8.83 Å². The molecule has 4 aromatic rings. The molecule has 0 atom stereocenters. The van der Waals surface area contributed by atoms with Crippen molar-refractivity contribution in [1.29, 1.82) is 0 Å². The van der Waals surface area contributed by atoms with Crippen LogP contribution >= 0.6 is 0 Å². The van der Waals surface area contributed by atoms with Gasteiger partial charge in [0.25, 0.3) is 0 Å². The zero-order valence-electron chi connectivity index (χ0n) is 12.3. The van der Waals surface area contributed by atoms with Gasteiger partial charge in [0.2, 0.25) is 0 Å². The van der Waals surface area contributed by atoms with Crippen LogP contribution in [0.5, 0.6) is 0 Å². The molecule has 0 N–H and O–H groups in total. The lowest BCUT2D eigenvalue weighted by Crippen LogP contribution is -1.82. The summed E-state index contributed by atoms with van der Waals surface area (Å²) in [6, 6.07) is 14.1. The lowest BCUT2D eigenvalue weighted by Gasteiger charge is -2.04. The fourth-order valence-electron chi connectivity index (χ4n) is 2.63. The van der Waals surface area contributed by atoms with Gasteiger partial charge in [0.1, 0.15) is 5.52 Å². The quantitative estimate of drug-likeness (QED) is 0.533. The zero-order chi connectivity index (χ0) is 15.1. The smallest absolute Gasteiger partial charge is 0.192 e. The van der Waals surface area contributed by atoms with Gasteiger partial charge in [-0.25, -0.2) is 9.97 Å². The van der Waals surface area contributed by atoms with Crippen molar-refractivity contribution in [2.45, 2.75) is 13.8 Å². The Morgan fingerprint density at radius 3 is 2.50 bits per heavy atom. The van der Waals surface area contributed by atoms with Crippen LogP contribution in [0.1, 0.15) is 11.8 Å². The Hall–Kier alpha value is -2.88. The standard InChI is InChI=1S/C18H14N2O2/c1-11-19-10-17(21-11)14-6-3-5-13(9-14)15-7-4-8-16-18(15)20-12(2)22-16/h3-10H,1-2H3. The van der Waals surface area contributed by atoms with Crippen LogP contribution < -0.4 is 0 Å². The molecule has 2 heterocycles. The number of nitrogens with zero attached hydrogens (tertiary/aromatic N) is 2. The van der Waals surface area contributed by atoms with Gasteiger partial charge in [-0.1, -0.05) is 30.3 Å². The van der Waals surface area contributed by atoms with Gasteiger partial charge in [-0.2, -0.15) is 0 Å². The van der Waals surface area contributed by atoms with Gasteiger partial charge >= 0.3 is 0 Å². The van der Waals surface area contributed by atoms with E-state index in [0.29, 0.717) is 11.8 Å². The Balaban J connectivity index is 1.88. The van der Waals surface area contributed by atoms with Crippen LogP contribution in [0.4, 0.5) is 0 Å². The highest BCUT2D eigenvalue weighted by molar-refractivity contribution is 5.91. The first-order chi connectivity index (χ1) is 10.7. The summed E-state index contributed by atoms with van der Waals surface area (Å²) in [7, 11) is 0. The third-order valence-corrected chi connectivity index (χ3v) is 3.61. The molecule has 0 aliphatic rings. The predicted molar refractivity (Wildman–Crippen MR) is 84.4 cm³/mol. The van der Waals surface area contributed by atoms with E-state index in [1.165, 1.54) is 0 Å². The molecule has 0 saturated heterocycles. The van der Waals surface area contributed by atoms with Crippen LogP contribution in [0.25, 0.3) is 33.6 Å². The van der Waals surface area contributed by atoms with E-state index in [9.17, 15) is 0 Å². The molecule has 0 unspecified atom stereocenters. The average Bonchev–Trinajstić information content (AvgIpc) is 3.11. The van der Waals surface area contributed by atoms with Crippen molar-refractivity contribution in [3.63, 3.8) is 0 Å². The van der Waals surface area contributed by atoms with Crippen molar-refractivity contribution in [3.05, 3.63) is 60.4 Å². The maximum absolute atomic E-state index is 5.61. The molecule has 108 valence electrons. The number of rotatable bonds is 2. The Morgan fingerprint density at radius 1 is 0.864 bits per heavy atom. The summed E-state index contributed by atoms with van der Waals surface area (Å²) < 4.78 is 11.2. The van der Waals surface area contributed by atoms with Crippen molar-refractivity contribution < 1.29 is 8.83 Å². The van der Waals surface area contributed by atoms with Crippen molar-refractivity contribution in [1.82, 2.24) is 9.97 Å². The van der Waals surface area contributed by atoms with E-state index in [1.807, 2.05) is 38.1 Å². The summed E-state index contributed by atoms with van der Waals surface area (Å²) in [6.45, 7) is 3.70. The van der Waals surface area contributed by atoms with Crippen LogP contribution in [-0.4, -0.2) is 9.97 Å². The Bertz CT molecular complexity index is 966. The van der Waals surface area contributed by atoms with Gasteiger partial charge in [-0.3, -0.25) is 0 Å². The van der Waals surface area contributed by atoms with E-state index >= 15 is 0 Å². The van der Waals surface area contributed by atoms with E-state index < -0.39 is 0 Å². The first kappa shape index (κ1) is 12.8. The monoisotopic (exact) mass is 290 g/mol. The maximum Gasteiger partial charge on any atom is 0.192 e. The summed E-state index contributed by atoms with van der Waals surface area (Å²) in [5.41, 5.74) is 4.80. The summed E-state index contributed by atoms with van der Waals surface area (Å²) >= 11 is 0. The molecule has 22 heavy (non-hydrogen) atoms. The molecule has 0 spiro atoms. The van der Waals surface area contributed by atoms with Crippen molar-refractivity contribution in [3.8, 4) is 22.5 Å². The number of para-hydroxylation sites is 1. The number of hydrogen-bond acceptors (Lipinski definition) is 4. The first-order valence-electron chi connectivity index (χ1n) is 7.10. The molecule has 0 saturated carbocycles. The highest BCUT2D eigenvalue weighted by Crippen LogP contribution is 2.31. The lowest BCUT2D eigenvalue weighted by atomic mass is 10.0. The van der Waals surface area contributed by atoms with Crippen LogP contribution in [0, 0.1) is 13.8 Å². The molecule has 0 aliphatic heterocycles. The van der Waals surface area contributed by atoms with E-state index in [2.05, 4.69) is 28.2 Å².